The van der Waals surface area contributed by atoms with Gasteiger partial charge in [-0.1, -0.05) is 13.3 Å². The first kappa shape index (κ1) is 22.0. The fraction of sp³-hybridized carbons (Fsp3) is 0.625. The Hall–Kier alpha value is -2.25. The molecule has 31 heavy (non-hydrogen) atoms. The molecule has 1 aliphatic carbocycles. The van der Waals surface area contributed by atoms with Crippen LogP contribution in [0.15, 0.2) is 18.2 Å². The van der Waals surface area contributed by atoms with Gasteiger partial charge in [0.05, 0.1) is 6.04 Å². The number of carbonyl (C=O) groups is 3. The van der Waals surface area contributed by atoms with Crippen molar-refractivity contribution in [3.8, 4) is 5.75 Å². The molecule has 3 atom stereocenters. The zero-order valence-corrected chi connectivity index (χ0v) is 18.5. The first-order valence-corrected chi connectivity index (χ1v) is 11.5. The quantitative estimate of drug-likeness (QED) is 0.532. The van der Waals surface area contributed by atoms with Gasteiger partial charge in [-0.3, -0.25) is 29.5 Å². The van der Waals surface area contributed by atoms with Gasteiger partial charge in [0.25, 0.3) is 0 Å². The highest BCUT2D eigenvalue weighted by Gasteiger charge is 2.37. The molecule has 0 spiro atoms. The van der Waals surface area contributed by atoms with Crippen molar-refractivity contribution in [1.82, 2.24) is 15.1 Å². The van der Waals surface area contributed by atoms with Crippen LogP contribution >= 0.6 is 0 Å². The molecule has 3 fully saturated rings. The van der Waals surface area contributed by atoms with Crippen LogP contribution in [0, 0.1) is 5.92 Å². The molecular formula is C24H33N3O4. The lowest BCUT2D eigenvalue weighted by atomic mass is 9.87. The number of benzene rings is 1. The molecular weight excluding hydrogens is 394 g/mol. The number of hydrogen-bond donors (Lipinski definition) is 1. The van der Waals surface area contributed by atoms with E-state index in [2.05, 4.69) is 17.1 Å². The number of hydrogen-bond acceptors (Lipinski definition) is 6. The van der Waals surface area contributed by atoms with E-state index in [1.807, 2.05) is 24.1 Å². The largest absolute Gasteiger partial charge is 0.489 e. The maximum absolute atomic E-state index is 12.2. The molecule has 2 aliphatic heterocycles. The lowest BCUT2D eigenvalue weighted by Crippen LogP contribution is -2.57. The second-order valence-electron chi connectivity index (χ2n) is 9.43. The van der Waals surface area contributed by atoms with Gasteiger partial charge in [0.2, 0.25) is 11.8 Å². The maximum atomic E-state index is 12.2. The standard InChI is InChI=1S/C24H33N3O4/c1-16-12-27(13-16)20-5-3-4-6-22(20)31-19-8-7-17(15-28)18(11-19)14-26(2)21-9-10-23(29)25-24(21)30/h7-8,11,15-16,20-22H,3-6,9-10,12-14H2,1-2H3,(H,25,29,30). The van der Waals surface area contributed by atoms with E-state index in [4.69, 9.17) is 4.74 Å². The van der Waals surface area contributed by atoms with Crippen molar-refractivity contribution in [2.45, 2.75) is 70.2 Å². The van der Waals surface area contributed by atoms with Gasteiger partial charge in [0.1, 0.15) is 18.1 Å². The Bertz CT molecular complexity index is 836. The van der Waals surface area contributed by atoms with Gasteiger partial charge >= 0.3 is 0 Å². The van der Waals surface area contributed by atoms with Gasteiger partial charge in [0.15, 0.2) is 0 Å². The van der Waals surface area contributed by atoms with E-state index in [1.54, 1.807) is 6.07 Å². The summed E-state index contributed by atoms with van der Waals surface area (Å²) in [7, 11) is 1.85. The minimum Gasteiger partial charge on any atom is -0.489 e. The average Bonchev–Trinajstić information content (AvgIpc) is 2.72. The molecule has 2 heterocycles. The number of likely N-dealkylation sites (tertiary alicyclic amines) is 1. The van der Waals surface area contributed by atoms with E-state index in [0.717, 1.165) is 43.0 Å². The smallest absolute Gasteiger partial charge is 0.243 e. The summed E-state index contributed by atoms with van der Waals surface area (Å²) >= 11 is 0. The Kier molecular flexibility index (Phi) is 6.72. The summed E-state index contributed by atoms with van der Waals surface area (Å²) in [4.78, 5) is 39.7. The molecule has 7 nitrogen and oxygen atoms in total. The van der Waals surface area contributed by atoms with Gasteiger partial charge < -0.3 is 4.74 Å². The van der Waals surface area contributed by atoms with E-state index in [1.165, 1.54) is 19.3 Å². The number of imide groups is 1. The Morgan fingerprint density at radius 1 is 1.19 bits per heavy atom. The molecule has 4 rings (SSSR count). The normalized spacial score (nSPS) is 27.6. The number of likely N-dealkylation sites (N-methyl/N-ethyl adjacent to an activating group) is 1. The molecule has 7 heteroatoms. The van der Waals surface area contributed by atoms with Crippen LogP contribution in [0.4, 0.5) is 0 Å². The highest BCUT2D eigenvalue weighted by molar-refractivity contribution is 6.00. The van der Waals surface area contributed by atoms with Crippen molar-refractivity contribution in [3.05, 3.63) is 29.3 Å². The van der Waals surface area contributed by atoms with E-state index < -0.39 is 0 Å². The number of amides is 2. The first-order chi connectivity index (χ1) is 14.9. The van der Waals surface area contributed by atoms with Crippen molar-refractivity contribution in [2.75, 3.05) is 20.1 Å². The van der Waals surface area contributed by atoms with Gasteiger partial charge in [0, 0.05) is 37.7 Å². The van der Waals surface area contributed by atoms with Crippen LogP contribution < -0.4 is 10.1 Å². The molecule has 3 aliphatic rings. The van der Waals surface area contributed by atoms with Crippen LogP contribution in [0.3, 0.4) is 0 Å². The topological polar surface area (TPSA) is 79.0 Å². The molecule has 1 N–H and O–H groups in total. The number of nitrogens with zero attached hydrogens (tertiary/aromatic N) is 2. The summed E-state index contributed by atoms with van der Waals surface area (Å²) < 4.78 is 6.46. The monoisotopic (exact) mass is 427 g/mol. The van der Waals surface area contributed by atoms with E-state index >= 15 is 0 Å². The van der Waals surface area contributed by atoms with Crippen LogP contribution in [0.1, 0.15) is 61.4 Å². The molecule has 168 valence electrons. The zero-order valence-electron chi connectivity index (χ0n) is 18.5. The number of piperidine rings is 1. The fourth-order valence-electron chi connectivity index (χ4n) is 5.21. The number of rotatable bonds is 7. The van der Waals surface area contributed by atoms with Gasteiger partial charge in [-0.2, -0.15) is 0 Å². The number of carbonyl (C=O) groups excluding carboxylic acids is 3. The van der Waals surface area contributed by atoms with Crippen LogP contribution in [-0.4, -0.2) is 66.2 Å². The molecule has 0 aromatic heterocycles. The minimum absolute atomic E-state index is 0.170. The van der Waals surface area contributed by atoms with Crippen molar-refractivity contribution in [2.24, 2.45) is 5.92 Å². The lowest BCUT2D eigenvalue weighted by Gasteiger charge is -2.47. The molecule has 2 saturated heterocycles. The van der Waals surface area contributed by atoms with E-state index in [-0.39, 0.29) is 24.0 Å². The predicted octanol–water partition coefficient (Wildman–Crippen LogP) is 2.38. The molecule has 3 unspecified atom stereocenters. The predicted molar refractivity (Wildman–Crippen MR) is 117 cm³/mol. The molecule has 0 bridgehead atoms. The fourth-order valence-corrected chi connectivity index (χ4v) is 5.21. The Morgan fingerprint density at radius 2 is 1.97 bits per heavy atom. The summed E-state index contributed by atoms with van der Waals surface area (Å²) in [5, 5.41) is 2.40. The SMILES string of the molecule is CC1CN(C2CCCCC2Oc2ccc(C=O)c(CN(C)C3CCC(=O)NC3=O)c2)C1. The highest BCUT2D eigenvalue weighted by Crippen LogP contribution is 2.32. The lowest BCUT2D eigenvalue weighted by molar-refractivity contribution is -0.137. The van der Waals surface area contributed by atoms with Crippen molar-refractivity contribution in [3.63, 3.8) is 0 Å². The third-order valence-electron chi connectivity index (χ3n) is 6.92. The first-order valence-electron chi connectivity index (χ1n) is 11.5. The average molecular weight is 428 g/mol. The van der Waals surface area contributed by atoms with Gasteiger partial charge in [-0.15, -0.1) is 0 Å². The van der Waals surface area contributed by atoms with Crippen LogP contribution in [0.5, 0.6) is 5.75 Å². The van der Waals surface area contributed by atoms with Crippen molar-refractivity contribution >= 4 is 18.1 Å². The summed E-state index contributed by atoms with van der Waals surface area (Å²) in [6.07, 6.45) is 6.51. The number of nitrogens with one attached hydrogen (secondary N) is 1. The third kappa shape index (κ3) is 4.99. The second-order valence-corrected chi connectivity index (χ2v) is 9.43. The van der Waals surface area contributed by atoms with Gasteiger partial charge in [-0.05, 0) is 62.4 Å². The Morgan fingerprint density at radius 3 is 2.68 bits per heavy atom. The van der Waals surface area contributed by atoms with Crippen LogP contribution in [0.2, 0.25) is 0 Å². The molecule has 2 amide bonds. The number of ether oxygens (including phenoxy) is 1. The minimum atomic E-state index is -0.377. The molecule has 0 radical (unpaired) electrons. The van der Waals surface area contributed by atoms with Crippen LogP contribution in [0.25, 0.3) is 0 Å². The van der Waals surface area contributed by atoms with E-state index in [0.29, 0.717) is 31.0 Å². The zero-order chi connectivity index (χ0) is 22.0. The Labute approximate surface area is 184 Å². The third-order valence-corrected chi connectivity index (χ3v) is 6.92. The highest BCUT2D eigenvalue weighted by atomic mass is 16.5. The van der Waals surface area contributed by atoms with E-state index in [9.17, 15) is 14.4 Å². The Balaban J connectivity index is 1.46. The van der Waals surface area contributed by atoms with Crippen molar-refractivity contribution in [1.29, 1.82) is 0 Å². The van der Waals surface area contributed by atoms with Gasteiger partial charge in [-0.25, -0.2) is 0 Å². The summed E-state index contributed by atoms with van der Waals surface area (Å²) in [6.45, 7) is 5.03. The van der Waals surface area contributed by atoms with Crippen molar-refractivity contribution < 1.29 is 19.1 Å². The second kappa shape index (κ2) is 9.49. The summed E-state index contributed by atoms with van der Waals surface area (Å²) in [6, 6.07) is 5.71. The van der Waals surface area contributed by atoms with Crippen LogP contribution in [-0.2, 0) is 16.1 Å². The molecule has 1 aromatic rings. The summed E-state index contributed by atoms with van der Waals surface area (Å²) in [5.74, 6) is 1.05. The molecule has 1 saturated carbocycles. The number of aldehydes is 1. The molecule has 1 aromatic carbocycles. The maximum Gasteiger partial charge on any atom is 0.243 e. The summed E-state index contributed by atoms with van der Waals surface area (Å²) in [5.41, 5.74) is 1.44.